The molecule has 0 fully saturated rings. The molecule has 0 aliphatic heterocycles. The highest BCUT2D eigenvalue weighted by molar-refractivity contribution is 5.84. The molecular formula is C20H22F3N3O. The van der Waals surface area contributed by atoms with Gasteiger partial charge in [0.05, 0.1) is 18.3 Å². The van der Waals surface area contributed by atoms with Gasteiger partial charge in [-0.2, -0.15) is 18.3 Å². The quantitative estimate of drug-likeness (QED) is 0.593. The van der Waals surface area contributed by atoms with Crippen molar-refractivity contribution in [1.29, 1.82) is 0 Å². The maximum Gasteiger partial charge on any atom is 0.416 e. The van der Waals surface area contributed by atoms with E-state index in [0.29, 0.717) is 0 Å². The van der Waals surface area contributed by atoms with Crippen molar-refractivity contribution in [2.75, 3.05) is 11.9 Å². The number of nitrogens with zero attached hydrogens (tertiary/aromatic N) is 1. The van der Waals surface area contributed by atoms with Crippen molar-refractivity contribution in [3.05, 3.63) is 65.2 Å². The van der Waals surface area contributed by atoms with Crippen LogP contribution in [0.2, 0.25) is 0 Å². The third-order valence-electron chi connectivity index (χ3n) is 3.82. The molecule has 2 aromatic carbocycles. The lowest BCUT2D eigenvalue weighted by Gasteiger charge is -2.18. The van der Waals surface area contributed by atoms with Gasteiger partial charge in [0.15, 0.2) is 0 Å². The molecule has 1 amide bonds. The normalized spacial score (nSPS) is 12.2. The summed E-state index contributed by atoms with van der Waals surface area (Å²) >= 11 is 0. The summed E-state index contributed by atoms with van der Waals surface area (Å²) in [5.74, 6) is -0.463. The summed E-state index contributed by atoms with van der Waals surface area (Å²) in [6, 6.07) is 12.5. The van der Waals surface area contributed by atoms with Crippen LogP contribution in [-0.2, 0) is 16.4 Å². The lowest BCUT2D eigenvalue weighted by Crippen LogP contribution is -2.26. The van der Waals surface area contributed by atoms with Crippen LogP contribution in [0.15, 0.2) is 53.6 Å². The Balaban J connectivity index is 1.85. The number of amides is 1. The number of nitrogens with one attached hydrogen (secondary N) is 2. The minimum Gasteiger partial charge on any atom is -0.376 e. The van der Waals surface area contributed by atoms with Gasteiger partial charge in [0.25, 0.3) is 5.91 Å². The molecule has 0 atom stereocenters. The van der Waals surface area contributed by atoms with Crippen LogP contribution < -0.4 is 10.7 Å². The Morgan fingerprint density at radius 2 is 1.70 bits per heavy atom. The summed E-state index contributed by atoms with van der Waals surface area (Å²) in [5, 5.41) is 6.50. The summed E-state index contributed by atoms with van der Waals surface area (Å²) in [7, 11) is 0. The van der Waals surface area contributed by atoms with Gasteiger partial charge in [0, 0.05) is 5.69 Å². The van der Waals surface area contributed by atoms with Gasteiger partial charge in [0.2, 0.25) is 0 Å². The first-order valence-electron chi connectivity index (χ1n) is 8.39. The molecule has 0 unspecified atom stereocenters. The molecule has 0 heterocycles. The van der Waals surface area contributed by atoms with Crippen molar-refractivity contribution >= 4 is 17.8 Å². The maximum absolute atomic E-state index is 12.7. The van der Waals surface area contributed by atoms with Crippen LogP contribution in [0.25, 0.3) is 0 Å². The van der Waals surface area contributed by atoms with Crippen molar-refractivity contribution < 1.29 is 18.0 Å². The predicted octanol–water partition coefficient (Wildman–Crippen LogP) is 4.57. The average Bonchev–Trinajstić information content (AvgIpc) is 2.59. The first-order valence-corrected chi connectivity index (χ1v) is 8.39. The van der Waals surface area contributed by atoms with Crippen LogP contribution in [0.5, 0.6) is 0 Å². The molecule has 0 aromatic heterocycles. The molecule has 0 aliphatic rings. The molecule has 0 saturated carbocycles. The number of hydrogen-bond donors (Lipinski definition) is 2. The van der Waals surface area contributed by atoms with Gasteiger partial charge in [-0.25, -0.2) is 5.43 Å². The molecule has 0 aliphatic carbocycles. The second-order valence-electron chi connectivity index (χ2n) is 7.10. The van der Waals surface area contributed by atoms with Gasteiger partial charge < -0.3 is 5.32 Å². The number of halogens is 3. The van der Waals surface area contributed by atoms with Crippen LogP contribution in [0, 0.1) is 0 Å². The zero-order valence-electron chi connectivity index (χ0n) is 15.4. The topological polar surface area (TPSA) is 53.5 Å². The van der Waals surface area contributed by atoms with E-state index in [9.17, 15) is 18.0 Å². The zero-order chi connectivity index (χ0) is 20.1. The number of benzene rings is 2. The Morgan fingerprint density at radius 3 is 2.30 bits per heavy atom. The Kier molecular flexibility index (Phi) is 6.25. The first-order chi connectivity index (χ1) is 12.6. The SMILES string of the molecule is CC(C)(C)c1ccc(/C=N/NC(=O)CNc2cccc(C(F)(F)F)c2)cc1. The Morgan fingerprint density at radius 1 is 1.04 bits per heavy atom. The molecule has 0 bridgehead atoms. The maximum atomic E-state index is 12.7. The van der Waals surface area contributed by atoms with Gasteiger partial charge in [0.1, 0.15) is 0 Å². The van der Waals surface area contributed by atoms with Crippen LogP contribution in [0.3, 0.4) is 0 Å². The number of anilines is 1. The lowest BCUT2D eigenvalue weighted by molar-refractivity contribution is -0.137. The largest absolute Gasteiger partial charge is 0.416 e. The molecule has 144 valence electrons. The third-order valence-corrected chi connectivity index (χ3v) is 3.82. The number of hydrogen-bond acceptors (Lipinski definition) is 3. The number of carbonyl (C=O) groups is 1. The van der Waals surface area contributed by atoms with Crippen LogP contribution >= 0.6 is 0 Å². The predicted molar refractivity (Wildman–Crippen MR) is 101 cm³/mol. The van der Waals surface area contributed by atoms with E-state index in [2.05, 4.69) is 36.6 Å². The summed E-state index contributed by atoms with van der Waals surface area (Å²) < 4.78 is 38.0. The molecule has 2 aromatic rings. The van der Waals surface area contributed by atoms with Crippen molar-refractivity contribution in [2.24, 2.45) is 5.10 Å². The monoisotopic (exact) mass is 377 g/mol. The smallest absolute Gasteiger partial charge is 0.376 e. The number of hydrazone groups is 1. The molecule has 7 heteroatoms. The second-order valence-corrected chi connectivity index (χ2v) is 7.10. The number of carbonyl (C=O) groups excluding carboxylic acids is 1. The van der Waals surface area contributed by atoms with Crippen LogP contribution in [-0.4, -0.2) is 18.7 Å². The van der Waals surface area contributed by atoms with Gasteiger partial charge in [-0.3, -0.25) is 4.79 Å². The van der Waals surface area contributed by atoms with Gasteiger partial charge in [-0.05, 0) is 34.7 Å². The van der Waals surface area contributed by atoms with E-state index in [1.165, 1.54) is 23.9 Å². The Hall–Kier alpha value is -2.83. The van der Waals surface area contributed by atoms with Crippen molar-refractivity contribution in [2.45, 2.75) is 32.4 Å². The summed E-state index contributed by atoms with van der Waals surface area (Å²) in [6.45, 7) is 6.16. The lowest BCUT2D eigenvalue weighted by atomic mass is 9.87. The molecule has 0 saturated heterocycles. The van der Waals surface area contributed by atoms with Gasteiger partial charge in [-0.1, -0.05) is 51.1 Å². The first kappa shape index (κ1) is 20.5. The fraction of sp³-hybridized carbons (Fsp3) is 0.300. The number of alkyl halides is 3. The molecule has 2 N–H and O–H groups in total. The van der Waals surface area contributed by atoms with E-state index in [1.807, 2.05) is 24.3 Å². The molecular weight excluding hydrogens is 355 g/mol. The Labute approximate surface area is 156 Å². The molecule has 4 nitrogen and oxygen atoms in total. The van der Waals surface area contributed by atoms with E-state index < -0.39 is 17.6 Å². The fourth-order valence-electron chi connectivity index (χ4n) is 2.28. The minimum atomic E-state index is -4.42. The van der Waals surface area contributed by atoms with E-state index in [1.54, 1.807) is 0 Å². The van der Waals surface area contributed by atoms with E-state index in [0.717, 1.165) is 17.7 Å². The zero-order valence-corrected chi connectivity index (χ0v) is 15.4. The number of rotatable bonds is 5. The van der Waals surface area contributed by atoms with Gasteiger partial charge in [-0.15, -0.1) is 0 Å². The average molecular weight is 377 g/mol. The highest BCUT2D eigenvalue weighted by Gasteiger charge is 2.30. The standard InChI is InChI=1S/C20H22F3N3O/c1-19(2,3)15-9-7-14(8-10-15)12-25-26-18(27)13-24-17-6-4-5-16(11-17)20(21,22)23/h4-12,24H,13H2,1-3H3,(H,26,27)/b25-12+. The summed E-state index contributed by atoms with van der Waals surface area (Å²) in [6.07, 6.45) is -2.92. The van der Waals surface area contributed by atoms with Crippen molar-refractivity contribution in [1.82, 2.24) is 5.43 Å². The van der Waals surface area contributed by atoms with Crippen LogP contribution in [0.1, 0.15) is 37.5 Å². The molecule has 0 radical (unpaired) electrons. The van der Waals surface area contributed by atoms with Crippen molar-refractivity contribution in [3.8, 4) is 0 Å². The summed E-state index contributed by atoms with van der Waals surface area (Å²) in [5.41, 5.74) is 3.84. The van der Waals surface area contributed by atoms with Crippen molar-refractivity contribution in [3.63, 3.8) is 0 Å². The molecule has 27 heavy (non-hydrogen) atoms. The van der Waals surface area contributed by atoms with E-state index in [-0.39, 0.29) is 17.6 Å². The molecule has 2 rings (SSSR count). The fourth-order valence-corrected chi connectivity index (χ4v) is 2.28. The van der Waals surface area contributed by atoms with E-state index >= 15 is 0 Å². The second kappa shape index (κ2) is 8.24. The third kappa shape index (κ3) is 6.44. The van der Waals surface area contributed by atoms with E-state index in [4.69, 9.17) is 0 Å². The highest BCUT2D eigenvalue weighted by Crippen LogP contribution is 2.30. The minimum absolute atomic E-state index is 0.0545. The highest BCUT2D eigenvalue weighted by atomic mass is 19.4. The summed E-state index contributed by atoms with van der Waals surface area (Å²) in [4.78, 5) is 11.8. The van der Waals surface area contributed by atoms with Gasteiger partial charge >= 0.3 is 6.18 Å². The molecule has 0 spiro atoms. The Bertz CT molecular complexity index is 806. The van der Waals surface area contributed by atoms with Crippen LogP contribution in [0.4, 0.5) is 18.9 Å².